The van der Waals surface area contributed by atoms with Gasteiger partial charge >= 0.3 is 7.12 Å². The molecule has 2 fully saturated rings. The summed E-state index contributed by atoms with van der Waals surface area (Å²) >= 11 is 0. The fourth-order valence-corrected chi connectivity index (χ4v) is 2.13. The smallest absolute Gasteiger partial charge is 0.489 e. The molecule has 0 aromatic carbocycles. The quantitative estimate of drug-likeness (QED) is 0.624. The maximum atomic E-state index is 10.9. The van der Waals surface area contributed by atoms with Crippen LogP contribution in [-0.2, 0) is 9.31 Å². The lowest BCUT2D eigenvalue weighted by Crippen LogP contribution is -2.41. The van der Waals surface area contributed by atoms with Gasteiger partial charge in [0.15, 0.2) is 6.29 Å². The van der Waals surface area contributed by atoms with Crippen LogP contribution in [0.4, 0.5) is 0 Å². The van der Waals surface area contributed by atoms with Crippen LogP contribution in [0, 0.1) is 0 Å². The number of ether oxygens (including phenoxy) is 1. The summed E-state index contributed by atoms with van der Waals surface area (Å²) in [6, 6.07) is 1.71. The van der Waals surface area contributed by atoms with Crippen LogP contribution < -0.4 is 10.3 Å². The molecule has 0 bridgehead atoms. The molecule has 21 heavy (non-hydrogen) atoms. The Bertz CT molecular complexity index is 553. The van der Waals surface area contributed by atoms with E-state index in [-0.39, 0.29) is 6.10 Å². The largest absolute Gasteiger partial charge is 0.518 e. The van der Waals surface area contributed by atoms with Crippen LogP contribution in [0.25, 0.3) is 0 Å². The van der Waals surface area contributed by atoms with Crippen molar-refractivity contribution in [3.8, 4) is 5.75 Å². The lowest BCUT2D eigenvalue weighted by Gasteiger charge is -2.32. The number of nitrogens with zero attached hydrogens (tertiary/aromatic N) is 1. The van der Waals surface area contributed by atoms with E-state index in [9.17, 15) is 4.79 Å². The Kier molecular flexibility index (Phi) is 3.33. The summed E-state index contributed by atoms with van der Waals surface area (Å²) < 4.78 is 17.9. The van der Waals surface area contributed by atoms with E-state index < -0.39 is 18.3 Å². The van der Waals surface area contributed by atoms with Crippen LogP contribution in [0.5, 0.6) is 5.75 Å². The third-order valence-electron chi connectivity index (χ3n) is 4.33. The van der Waals surface area contributed by atoms with Gasteiger partial charge in [-0.15, -0.1) is 0 Å². The first-order chi connectivity index (χ1) is 9.82. The molecule has 0 spiro atoms. The number of aromatic nitrogens is 1. The standard InChI is InChI=1S/C15H20BNO4/c1-14(2)15(3,4)21-16(20-14)13-12(19-11-5-6-11)7-10(9-18)8-17-13/h7-9,11H,5-6H2,1-4H3. The highest BCUT2D eigenvalue weighted by atomic mass is 16.7. The molecule has 2 aliphatic rings. The number of hydrogen-bond donors (Lipinski definition) is 0. The highest BCUT2D eigenvalue weighted by Gasteiger charge is 2.53. The van der Waals surface area contributed by atoms with Gasteiger partial charge in [0.05, 0.1) is 17.3 Å². The zero-order chi connectivity index (χ0) is 15.3. The first-order valence-electron chi connectivity index (χ1n) is 7.30. The first-order valence-corrected chi connectivity index (χ1v) is 7.30. The molecule has 1 saturated heterocycles. The van der Waals surface area contributed by atoms with Gasteiger partial charge in [0.25, 0.3) is 0 Å². The molecule has 112 valence electrons. The van der Waals surface area contributed by atoms with Crippen LogP contribution in [0.3, 0.4) is 0 Å². The number of pyridine rings is 1. The van der Waals surface area contributed by atoms with Crippen molar-refractivity contribution >= 4 is 19.0 Å². The Morgan fingerprint density at radius 2 is 1.90 bits per heavy atom. The predicted molar refractivity (Wildman–Crippen MR) is 79.0 cm³/mol. The van der Waals surface area contributed by atoms with E-state index in [0.29, 0.717) is 16.9 Å². The van der Waals surface area contributed by atoms with Crippen molar-refractivity contribution < 1.29 is 18.8 Å². The van der Waals surface area contributed by atoms with E-state index in [1.165, 1.54) is 6.20 Å². The molecule has 0 unspecified atom stereocenters. The van der Waals surface area contributed by atoms with Crippen molar-refractivity contribution in [3.05, 3.63) is 17.8 Å². The highest BCUT2D eigenvalue weighted by molar-refractivity contribution is 6.62. The van der Waals surface area contributed by atoms with Gasteiger partial charge in [0.1, 0.15) is 11.3 Å². The van der Waals surface area contributed by atoms with Gasteiger partial charge in [-0.05, 0) is 46.6 Å². The molecule has 2 heterocycles. The van der Waals surface area contributed by atoms with Crippen molar-refractivity contribution in [2.24, 2.45) is 0 Å². The zero-order valence-electron chi connectivity index (χ0n) is 12.9. The summed E-state index contributed by atoms with van der Waals surface area (Å²) in [7, 11) is -0.579. The minimum atomic E-state index is -0.579. The second kappa shape index (κ2) is 4.82. The van der Waals surface area contributed by atoms with E-state index >= 15 is 0 Å². The van der Waals surface area contributed by atoms with Crippen LogP contribution >= 0.6 is 0 Å². The fourth-order valence-electron chi connectivity index (χ4n) is 2.13. The molecule has 0 N–H and O–H groups in total. The van der Waals surface area contributed by atoms with Gasteiger partial charge in [0.2, 0.25) is 0 Å². The predicted octanol–water partition coefficient (Wildman–Crippen LogP) is 1.73. The summed E-state index contributed by atoms with van der Waals surface area (Å²) in [4.78, 5) is 15.3. The molecule has 1 aliphatic carbocycles. The molecule has 5 nitrogen and oxygen atoms in total. The SMILES string of the molecule is CC1(C)OB(c2ncc(C=O)cc2OC2CC2)OC1(C)C. The second-order valence-electron chi connectivity index (χ2n) is 6.68. The lowest BCUT2D eigenvalue weighted by atomic mass is 9.83. The molecule has 3 rings (SSSR count). The average Bonchev–Trinajstić information content (AvgIpc) is 3.17. The summed E-state index contributed by atoms with van der Waals surface area (Å²) in [6.45, 7) is 7.98. The monoisotopic (exact) mass is 289 g/mol. The van der Waals surface area contributed by atoms with Gasteiger partial charge in [-0.1, -0.05) is 0 Å². The van der Waals surface area contributed by atoms with Crippen LogP contribution in [0.2, 0.25) is 0 Å². The Labute approximate surface area is 125 Å². The summed E-state index contributed by atoms with van der Waals surface area (Å²) in [5, 5.41) is 0. The molecular weight excluding hydrogens is 269 g/mol. The Balaban J connectivity index is 1.92. The summed E-state index contributed by atoms with van der Waals surface area (Å²) in [5.41, 5.74) is 0.232. The Hall–Kier alpha value is -1.40. The highest BCUT2D eigenvalue weighted by Crippen LogP contribution is 2.37. The van der Waals surface area contributed by atoms with Crippen LogP contribution in [0.15, 0.2) is 12.3 Å². The molecule has 6 heteroatoms. The Morgan fingerprint density at radius 3 is 2.43 bits per heavy atom. The maximum Gasteiger partial charge on any atom is 0.518 e. The molecule has 1 saturated carbocycles. The van der Waals surface area contributed by atoms with Gasteiger partial charge in [0, 0.05) is 11.8 Å². The molecule has 0 amide bonds. The minimum Gasteiger partial charge on any atom is -0.489 e. The van der Waals surface area contributed by atoms with Gasteiger partial charge < -0.3 is 14.0 Å². The van der Waals surface area contributed by atoms with Crippen molar-refractivity contribution in [1.29, 1.82) is 0 Å². The van der Waals surface area contributed by atoms with E-state index in [4.69, 9.17) is 14.0 Å². The van der Waals surface area contributed by atoms with E-state index in [2.05, 4.69) is 4.98 Å². The average molecular weight is 289 g/mol. The fraction of sp³-hybridized carbons (Fsp3) is 0.600. The van der Waals surface area contributed by atoms with Crippen molar-refractivity contribution in [2.45, 2.75) is 57.8 Å². The minimum absolute atomic E-state index is 0.217. The van der Waals surface area contributed by atoms with Crippen LogP contribution in [-0.4, -0.2) is 35.7 Å². The number of carbonyl (C=O) groups is 1. The van der Waals surface area contributed by atoms with Crippen LogP contribution in [0.1, 0.15) is 50.9 Å². The Morgan fingerprint density at radius 1 is 1.29 bits per heavy atom. The zero-order valence-corrected chi connectivity index (χ0v) is 12.9. The molecule has 1 aromatic heterocycles. The van der Waals surface area contributed by atoms with Gasteiger partial charge in [-0.2, -0.15) is 0 Å². The molecule has 1 aliphatic heterocycles. The number of hydrogen-bond acceptors (Lipinski definition) is 5. The van der Waals surface area contributed by atoms with Crippen molar-refractivity contribution in [2.75, 3.05) is 0 Å². The van der Waals surface area contributed by atoms with Crippen molar-refractivity contribution in [1.82, 2.24) is 4.98 Å². The molecule has 0 radical (unpaired) electrons. The summed E-state index contributed by atoms with van der Waals surface area (Å²) in [6.07, 6.45) is 4.57. The second-order valence-corrected chi connectivity index (χ2v) is 6.68. The van der Waals surface area contributed by atoms with Gasteiger partial charge in [-0.3, -0.25) is 9.78 Å². The topological polar surface area (TPSA) is 57.7 Å². The van der Waals surface area contributed by atoms with Gasteiger partial charge in [-0.25, -0.2) is 0 Å². The third kappa shape index (κ3) is 2.70. The normalized spacial score (nSPS) is 23.1. The van der Waals surface area contributed by atoms with E-state index in [1.54, 1.807) is 6.07 Å². The van der Waals surface area contributed by atoms with Crippen molar-refractivity contribution in [3.63, 3.8) is 0 Å². The maximum absolute atomic E-state index is 10.9. The molecule has 1 aromatic rings. The van der Waals surface area contributed by atoms with E-state index in [1.807, 2.05) is 27.7 Å². The lowest BCUT2D eigenvalue weighted by molar-refractivity contribution is 0.00578. The molecular formula is C15H20BNO4. The number of aldehydes is 1. The first kappa shape index (κ1) is 14.5. The number of rotatable bonds is 4. The number of carbonyl (C=O) groups excluding carboxylic acids is 1. The van der Waals surface area contributed by atoms with E-state index in [0.717, 1.165) is 19.1 Å². The summed E-state index contributed by atoms with van der Waals surface area (Å²) in [5.74, 6) is 0.584. The third-order valence-corrected chi connectivity index (χ3v) is 4.33. The molecule has 0 atom stereocenters.